The van der Waals surface area contributed by atoms with Gasteiger partial charge in [-0.25, -0.2) is 10.2 Å². The van der Waals surface area contributed by atoms with E-state index >= 15 is 0 Å². The van der Waals surface area contributed by atoms with Gasteiger partial charge in [0.1, 0.15) is 5.58 Å². The summed E-state index contributed by atoms with van der Waals surface area (Å²) in [6, 6.07) is 19.9. The van der Waals surface area contributed by atoms with Gasteiger partial charge in [0.25, 0.3) is 5.69 Å². The topological polar surface area (TPSA) is 140 Å². The summed E-state index contributed by atoms with van der Waals surface area (Å²) in [6.45, 7) is 0.451. The maximum atomic E-state index is 12.5. The molecule has 0 radical (unpaired) electrons. The van der Waals surface area contributed by atoms with E-state index in [2.05, 4.69) is 10.5 Å². The van der Waals surface area contributed by atoms with Gasteiger partial charge in [-0.1, -0.05) is 30.3 Å². The van der Waals surface area contributed by atoms with Crippen molar-refractivity contribution in [2.24, 2.45) is 5.10 Å². The zero-order valence-corrected chi connectivity index (χ0v) is 18.6. The van der Waals surface area contributed by atoms with Crippen LogP contribution in [0, 0.1) is 10.1 Å². The number of aromatic carboxylic acids is 1. The molecular formula is C26H18N4O6. The van der Waals surface area contributed by atoms with E-state index in [1.807, 2.05) is 41.1 Å². The summed E-state index contributed by atoms with van der Waals surface area (Å²) in [5.74, 6) is -1.61. The van der Waals surface area contributed by atoms with E-state index in [4.69, 9.17) is 4.42 Å². The fourth-order valence-corrected chi connectivity index (χ4v) is 3.98. The van der Waals surface area contributed by atoms with Crippen LogP contribution < -0.4 is 5.43 Å². The highest BCUT2D eigenvalue weighted by Crippen LogP contribution is 2.24. The Morgan fingerprint density at radius 2 is 1.92 bits per heavy atom. The third kappa shape index (κ3) is 4.42. The number of hydrazone groups is 1. The van der Waals surface area contributed by atoms with Crippen molar-refractivity contribution in [3.05, 3.63) is 112 Å². The Kier molecular flexibility index (Phi) is 5.75. The molecule has 3 aromatic carbocycles. The quantitative estimate of drug-likeness (QED) is 0.194. The highest BCUT2D eigenvalue weighted by atomic mass is 16.6. The van der Waals surface area contributed by atoms with Gasteiger partial charge in [-0.3, -0.25) is 14.9 Å². The Bertz CT molecular complexity index is 1680. The first-order chi connectivity index (χ1) is 17.4. The molecule has 10 nitrogen and oxygen atoms in total. The maximum absolute atomic E-state index is 12.5. The number of nitro groups is 1. The SMILES string of the molecule is O=C(O)c1cccc(Cn2cc(/C=N/NC(=O)c3cc4cc([N+](=O)[O-])ccc4o3)c3ccccc32)c1. The van der Waals surface area contributed by atoms with Crippen LogP contribution in [0.5, 0.6) is 0 Å². The van der Waals surface area contributed by atoms with E-state index < -0.39 is 16.8 Å². The molecule has 0 bridgehead atoms. The van der Waals surface area contributed by atoms with Crippen molar-refractivity contribution in [3.8, 4) is 0 Å². The third-order valence-corrected chi connectivity index (χ3v) is 5.65. The normalized spacial score (nSPS) is 11.3. The second-order valence-corrected chi connectivity index (χ2v) is 8.02. The molecule has 5 rings (SSSR count). The predicted molar refractivity (Wildman–Crippen MR) is 132 cm³/mol. The fraction of sp³-hybridized carbons (Fsp3) is 0.0385. The lowest BCUT2D eigenvalue weighted by molar-refractivity contribution is -0.384. The number of rotatable bonds is 7. The van der Waals surface area contributed by atoms with Crippen molar-refractivity contribution in [1.29, 1.82) is 0 Å². The Balaban J connectivity index is 1.36. The maximum Gasteiger partial charge on any atom is 0.335 e. The summed E-state index contributed by atoms with van der Waals surface area (Å²) < 4.78 is 7.46. The zero-order valence-electron chi connectivity index (χ0n) is 18.6. The number of hydrogen-bond donors (Lipinski definition) is 2. The molecule has 5 aromatic rings. The predicted octanol–water partition coefficient (Wildman–Crippen LogP) is 4.81. The number of furan rings is 1. The Morgan fingerprint density at radius 1 is 1.08 bits per heavy atom. The number of hydrogen-bond acceptors (Lipinski definition) is 6. The van der Waals surface area contributed by atoms with Gasteiger partial charge in [0.2, 0.25) is 0 Å². The molecule has 36 heavy (non-hydrogen) atoms. The second-order valence-electron chi connectivity index (χ2n) is 8.02. The van der Waals surface area contributed by atoms with Crippen molar-refractivity contribution in [2.75, 3.05) is 0 Å². The van der Waals surface area contributed by atoms with Gasteiger partial charge in [-0.15, -0.1) is 0 Å². The molecule has 2 heterocycles. The Hall–Kier alpha value is -5.25. The molecule has 0 spiro atoms. The molecule has 2 aromatic heterocycles. The minimum Gasteiger partial charge on any atom is -0.478 e. The lowest BCUT2D eigenvalue weighted by Gasteiger charge is -2.06. The van der Waals surface area contributed by atoms with E-state index in [9.17, 15) is 24.8 Å². The number of nitrogens with one attached hydrogen (secondary N) is 1. The first-order valence-electron chi connectivity index (χ1n) is 10.8. The molecule has 2 N–H and O–H groups in total. The Morgan fingerprint density at radius 3 is 2.72 bits per heavy atom. The molecule has 1 amide bonds. The molecule has 0 aliphatic carbocycles. The number of nitrogens with zero attached hydrogens (tertiary/aromatic N) is 3. The number of para-hydroxylation sites is 1. The smallest absolute Gasteiger partial charge is 0.335 e. The number of carboxylic acids is 1. The molecule has 0 aliphatic rings. The highest BCUT2D eigenvalue weighted by Gasteiger charge is 2.15. The molecule has 0 saturated heterocycles. The monoisotopic (exact) mass is 482 g/mol. The average Bonchev–Trinajstić information content (AvgIpc) is 3.45. The molecule has 0 atom stereocenters. The van der Waals surface area contributed by atoms with Crippen molar-refractivity contribution >= 4 is 45.7 Å². The summed E-state index contributed by atoms with van der Waals surface area (Å²) >= 11 is 0. The van der Waals surface area contributed by atoms with Crippen molar-refractivity contribution in [3.63, 3.8) is 0 Å². The number of carbonyl (C=O) groups is 2. The standard InChI is InChI=1S/C26H18N4O6/c31-25(24-12-18-11-20(30(34)35)8-9-23(18)36-24)28-27-13-19-15-29(22-7-2-1-6-21(19)22)14-16-4-3-5-17(10-16)26(32)33/h1-13,15H,14H2,(H,28,31)(H,32,33)/b27-13+. The molecule has 178 valence electrons. The van der Waals surface area contributed by atoms with E-state index in [0.717, 1.165) is 22.0 Å². The van der Waals surface area contributed by atoms with Crippen LogP contribution in [0.1, 0.15) is 32.0 Å². The second kappa shape index (κ2) is 9.18. The average molecular weight is 482 g/mol. The number of aromatic nitrogens is 1. The zero-order chi connectivity index (χ0) is 25.2. The number of nitro benzene ring substituents is 1. The lowest BCUT2D eigenvalue weighted by Crippen LogP contribution is -2.16. The van der Waals surface area contributed by atoms with E-state index in [-0.39, 0.29) is 17.0 Å². The third-order valence-electron chi connectivity index (χ3n) is 5.65. The first kappa shape index (κ1) is 22.5. The summed E-state index contributed by atoms with van der Waals surface area (Å²) in [6.07, 6.45) is 3.38. The molecule has 0 unspecified atom stereocenters. The van der Waals surface area contributed by atoms with Crippen molar-refractivity contribution < 1.29 is 24.0 Å². The highest BCUT2D eigenvalue weighted by molar-refractivity contribution is 6.01. The van der Waals surface area contributed by atoms with Crippen molar-refractivity contribution in [2.45, 2.75) is 6.54 Å². The van der Waals surface area contributed by atoms with Gasteiger partial charge in [0.15, 0.2) is 5.76 Å². The summed E-state index contributed by atoms with van der Waals surface area (Å²) in [4.78, 5) is 34.2. The number of benzene rings is 3. The molecule has 10 heteroatoms. The van der Waals surface area contributed by atoms with Crippen molar-refractivity contribution in [1.82, 2.24) is 9.99 Å². The van der Waals surface area contributed by atoms with Gasteiger partial charge >= 0.3 is 11.9 Å². The van der Waals surface area contributed by atoms with Crippen LogP contribution in [0.2, 0.25) is 0 Å². The van der Waals surface area contributed by atoms with Crippen LogP contribution in [-0.4, -0.2) is 32.7 Å². The summed E-state index contributed by atoms with van der Waals surface area (Å²) in [7, 11) is 0. The summed E-state index contributed by atoms with van der Waals surface area (Å²) in [5, 5.41) is 25.6. The number of non-ortho nitro benzene ring substituents is 1. The lowest BCUT2D eigenvalue weighted by atomic mass is 10.1. The minimum absolute atomic E-state index is 0.0246. The number of carboxylic acid groups (broad SMARTS) is 1. The van der Waals surface area contributed by atoms with E-state index in [1.54, 1.807) is 18.2 Å². The van der Waals surface area contributed by atoms with Gasteiger partial charge < -0.3 is 14.1 Å². The first-order valence-corrected chi connectivity index (χ1v) is 10.8. The van der Waals surface area contributed by atoms with Gasteiger partial charge in [-0.2, -0.15) is 5.10 Å². The van der Waals surface area contributed by atoms with Crippen LogP contribution in [-0.2, 0) is 6.54 Å². The van der Waals surface area contributed by atoms with Crippen LogP contribution in [0.15, 0.2) is 88.5 Å². The van der Waals surface area contributed by atoms with Gasteiger partial charge in [-0.05, 0) is 35.9 Å². The largest absolute Gasteiger partial charge is 0.478 e. The van der Waals surface area contributed by atoms with Crippen LogP contribution in [0.3, 0.4) is 0 Å². The number of amides is 1. The number of carbonyl (C=O) groups excluding carboxylic acids is 1. The van der Waals surface area contributed by atoms with Gasteiger partial charge in [0, 0.05) is 46.7 Å². The van der Waals surface area contributed by atoms with Crippen LogP contribution in [0.4, 0.5) is 5.69 Å². The Labute approximate surface area is 203 Å². The molecule has 0 fully saturated rings. The molecular weight excluding hydrogens is 464 g/mol. The minimum atomic E-state index is -0.986. The number of fused-ring (bicyclic) bond motifs is 2. The van der Waals surface area contributed by atoms with Gasteiger partial charge in [0.05, 0.1) is 16.7 Å². The van der Waals surface area contributed by atoms with Crippen LogP contribution >= 0.6 is 0 Å². The molecule has 0 saturated carbocycles. The van der Waals surface area contributed by atoms with E-state index in [1.165, 1.54) is 30.5 Å². The van der Waals surface area contributed by atoms with E-state index in [0.29, 0.717) is 17.5 Å². The fourth-order valence-electron chi connectivity index (χ4n) is 3.98. The summed E-state index contributed by atoms with van der Waals surface area (Å²) in [5.41, 5.74) is 5.39. The molecule has 0 aliphatic heterocycles. The van der Waals surface area contributed by atoms with Crippen LogP contribution in [0.25, 0.3) is 21.9 Å².